The van der Waals surface area contributed by atoms with Crippen LogP contribution in [0.3, 0.4) is 0 Å². The summed E-state index contributed by atoms with van der Waals surface area (Å²) >= 11 is 0. The van der Waals surface area contributed by atoms with E-state index in [2.05, 4.69) is 4.98 Å². The molecular weight excluding hydrogens is 368 g/mol. The summed E-state index contributed by atoms with van der Waals surface area (Å²) < 4.78 is 76.8. The summed E-state index contributed by atoms with van der Waals surface area (Å²) in [6, 6.07) is 14.2. The Bertz CT molecular complexity index is 824. The Morgan fingerprint density at radius 1 is 0.593 bits per heavy atom. The van der Waals surface area contributed by atoms with Crippen molar-refractivity contribution in [1.29, 1.82) is 0 Å². The maximum Gasteiger partial charge on any atom is 0.416 e. The Morgan fingerprint density at radius 3 is 1.37 bits per heavy atom. The van der Waals surface area contributed by atoms with E-state index in [9.17, 15) is 26.3 Å². The highest BCUT2D eigenvalue weighted by Gasteiger charge is 2.32. The van der Waals surface area contributed by atoms with Crippen LogP contribution in [-0.4, -0.2) is 4.98 Å². The molecule has 0 amide bonds. The predicted molar refractivity (Wildman–Crippen MR) is 88.1 cm³/mol. The van der Waals surface area contributed by atoms with Crippen LogP contribution in [0.2, 0.25) is 0 Å². The molecule has 140 valence electrons. The highest BCUT2D eigenvalue weighted by molar-refractivity contribution is 5.42. The number of pyridine rings is 1. The fraction of sp³-hybridized carbons (Fsp3) is 0.150. The van der Waals surface area contributed by atoms with Crippen molar-refractivity contribution in [1.82, 2.24) is 4.98 Å². The quantitative estimate of drug-likeness (QED) is 0.485. The second-order valence-electron chi connectivity index (χ2n) is 5.93. The Morgan fingerprint density at radius 2 is 1.04 bits per heavy atom. The summed E-state index contributed by atoms with van der Waals surface area (Å²) in [5, 5.41) is 0. The van der Waals surface area contributed by atoms with E-state index < -0.39 is 29.4 Å². The lowest BCUT2D eigenvalue weighted by atomic mass is 9.87. The second-order valence-corrected chi connectivity index (χ2v) is 5.93. The third kappa shape index (κ3) is 4.30. The third-order valence-corrected chi connectivity index (χ3v) is 4.13. The van der Waals surface area contributed by atoms with Crippen LogP contribution in [0.15, 0.2) is 72.9 Å². The van der Waals surface area contributed by atoms with Crippen molar-refractivity contribution in [2.45, 2.75) is 18.3 Å². The molecule has 1 nitrogen and oxygen atoms in total. The number of nitrogens with zero attached hydrogens (tertiary/aromatic N) is 1. The number of hydrogen-bond acceptors (Lipinski definition) is 1. The molecular formula is C20H13F6N. The Labute approximate surface area is 151 Å². The maximum atomic E-state index is 12.8. The molecule has 3 rings (SSSR count). The molecule has 0 aliphatic heterocycles. The van der Waals surface area contributed by atoms with Crippen molar-refractivity contribution in [2.75, 3.05) is 0 Å². The molecule has 0 unspecified atom stereocenters. The number of alkyl halides is 6. The van der Waals surface area contributed by atoms with Crippen LogP contribution >= 0.6 is 0 Å². The molecule has 0 saturated carbocycles. The topological polar surface area (TPSA) is 12.9 Å². The number of rotatable bonds is 3. The molecule has 0 bridgehead atoms. The lowest BCUT2D eigenvalue weighted by Crippen LogP contribution is -2.09. The summed E-state index contributed by atoms with van der Waals surface area (Å²) in [6.07, 6.45) is -7.41. The Kier molecular flexibility index (Phi) is 4.95. The van der Waals surface area contributed by atoms with Crippen LogP contribution < -0.4 is 0 Å². The van der Waals surface area contributed by atoms with Crippen LogP contribution in [0.1, 0.15) is 33.9 Å². The fourth-order valence-electron chi connectivity index (χ4n) is 2.81. The predicted octanol–water partition coefficient (Wildman–Crippen LogP) is 6.30. The van der Waals surface area contributed by atoms with E-state index in [4.69, 9.17) is 0 Å². The van der Waals surface area contributed by atoms with E-state index in [0.29, 0.717) is 16.8 Å². The Balaban J connectivity index is 2.05. The summed E-state index contributed by atoms with van der Waals surface area (Å²) in [4.78, 5) is 4.23. The van der Waals surface area contributed by atoms with Crippen molar-refractivity contribution >= 4 is 0 Å². The fourth-order valence-corrected chi connectivity index (χ4v) is 2.81. The van der Waals surface area contributed by atoms with Crippen molar-refractivity contribution in [3.63, 3.8) is 0 Å². The summed E-state index contributed by atoms with van der Waals surface area (Å²) in [6.45, 7) is 0. The minimum absolute atomic E-state index is 0.501. The SMILES string of the molecule is FC(F)(F)c1ccc(C(c2ccc(C(F)(F)F)cc2)c2ccccn2)cc1. The highest BCUT2D eigenvalue weighted by Crippen LogP contribution is 2.36. The van der Waals surface area contributed by atoms with Crippen molar-refractivity contribution in [3.05, 3.63) is 101 Å². The maximum absolute atomic E-state index is 12.8. The van der Waals surface area contributed by atoms with Gasteiger partial charge in [-0.25, -0.2) is 0 Å². The third-order valence-electron chi connectivity index (χ3n) is 4.13. The number of benzene rings is 2. The first-order valence-electron chi connectivity index (χ1n) is 7.91. The number of hydrogen-bond donors (Lipinski definition) is 0. The lowest BCUT2D eigenvalue weighted by Gasteiger charge is -2.19. The zero-order valence-electron chi connectivity index (χ0n) is 13.7. The molecule has 0 fully saturated rings. The minimum atomic E-state index is -4.46. The molecule has 1 aromatic heterocycles. The van der Waals surface area contributed by atoms with Crippen LogP contribution in [-0.2, 0) is 12.4 Å². The van der Waals surface area contributed by atoms with Crippen LogP contribution in [0.5, 0.6) is 0 Å². The van der Waals surface area contributed by atoms with E-state index in [1.807, 2.05) is 0 Å². The number of aromatic nitrogens is 1. The van der Waals surface area contributed by atoms with Gasteiger partial charge < -0.3 is 0 Å². The number of halogens is 6. The molecule has 0 saturated heterocycles. The first-order chi connectivity index (χ1) is 12.7. The van der Waals surface area contributed by atoms with E-state index in [1.165, 1.54) is 30.5 Å². The summed E-state index contributed by atoms with van der Waals surface area (Å²) in [5.41, 5.74) is -0.0585. The molecule has 0 N–H and O–H groups in total. The van der Waals surface area contributed by atoms with Crippen LogP contribution in [0.4, 0.5) is 26.3 Å². The lowest BCUT2D eigenvalue weighted by molar-refractivity contribution is -0.138. The van der Waals surface area contributed by atoms with Gasteiger partial charge in [-0.2, -0.15) is 26.3 Å². The van der Waals surface area contributed by atoms with Gasteiger partial charge in [0.1, 0.15) is 0 Å². The molecule has 1 heterocycles. The van der Waals surface area contributed by atoms with Crippen LogP contribution in [0, 0.1) is 0 Å². The van der Waals surface area contributed by atoms with E-state index in [0.717, 1.165) is 24.3 Å². The molecule has 0 atom stereocenters. The van der Waals surface area contributed by atoms with Crippen molar-refractivity contribution < 1.29 is 26.3 Å². The first kappa shape index (κ1) is 18.9. The zero-order valence-corrected chi connectivity index (χ0v) is 13.7. The summed E-state index contributed by atoms with van der Waals surface area (Å²) in [7, 11) is 0. The minimum Gasteiger partial charge on any atom is -0.260 e. The highest BCUT2D eigenvalue weighted by atomic mass is 19.4. The molecule has 2 aromatic carbocycles. The zero-order chi connectivity index (χ0) is 19.7. The molecule has 0 spiro atoms. The van der Waals surface area contributed by atoms with Gasteiger partial charge in [0.05, 0.1) is 22.7 Å². The van der Waals surface area contributed by atoms with E-state index >= 15 is 0 Å². The second kappa shape index (κ2) is 7.06. The molecule has 3 aromatic rings. The van der Waals surface area contributed by atoms with Gasteiger partial charge in [-0.3, -0.25) is 4.98 Å². The molecule has 27 heavy (non-hydrogen) atoms. The van der Waals surface area contributed by atoms with Gasteiger partial charge in [0, 0.05) is 6.20 Å². The van der Waals surface area contributed by atoms with Gasteiger partial charge in [0.25, 0.3) is 0 Å². The van der Waals surface area contributed by atoms with Gasteiger partial charge in [0.15, 0.2) is 0 Å². The molecule has 0 aliphatic rings. The molecule has 0 aliphatic carbocycles. The smallest absolute Gasteiger partial charge is 0.260 e. The summed E-state index contributed by atoms with van der Waals surface area (Å²) in [5.74, 6) is -0.587. The van der Waals surface area contributed by atoms with E-state index in [1.54, 1.807) is 18.2 Å². The van der Waals surface area contributed by atoms with Gasteiger partial charge in [-0.15, -0.1) is 0 Å². The largest absolute Gasteiger partial charge is 0.416 e. The van der Waals surface area contributed by atoms with E-state index in [-0.39, 0.29) is 0 Å². The van der Waals surface area contributed by atoms with Gasteiger partial charge >= 0.3 is 12.4 Å². The molecule has 7 heteroatoms. The first-order valence-corrected chi connectivity index (χ1v) is 7.91. The van der Waals surface area contributed by atoms with Gasteiger partial charge in [-0.1, -0.05) is 30.3 Å². The normalized spacial score (nSPS) is 12.4. The van der Waals surface area contributed by atoms with Gasteiger partial charge in [-0.05, 0) is 47.5 Å². The van der Waals surface area contributed by atoms with Crippen molar-refractivity contribution in [2.24, 2.45) is 0 Å². The standard InChI is InChI=1S/C20H13F6N/c21-19(22,23)15-8-4-13(5-9-15)18(17-3-1-2-12-27-17)14-6-10-16(11-7-14)20(24,25)26/h1-12,18H. The van der Waals surface area contributed by atoms with Crippen molar-refractivity contribution in [3.8, 4) is 0 Å². The van der Waals surface area contributed by atoms with Crippen LogP contribution in [0.25, 0.3) is 0 Å². The monoisotopic (exact) mass is 381 g/mol. The Hall–Kier alpha value is -2.83. The molecule has 0 radical (unpaired) electrons. The average molecular weight is 381 g/mol. The average Bonchev–Trinajstić information content (AvgIpc) is 2.62. The van der Waals surface area contributed by atoms with Gasteiger partial charge in [0.2, 0.25) is 0 Å².